The Morgan fingerprint density at radius 1 is 1.36 bits per heavy atom. The smallest absolute Gasteiger partial charge is 0.213 e. The molecule has 0 atom stereocenters. The molecule has 0 amide bonds. The van der Waals surface area contributed by atoms with Crippen molar-refractivity contribution < 1.29 is 13.2 Å². The van der Waals surface area contributed by atoms with Crippen LogP contribution < -0.4 is 0 Å². The van der Waals surface area contributed by atoms with Crippen LogP contribution in [0.25, 0.3) is 0 Å². The van der Waals surface area contributed by atoms with Crippen LogP contribution in [0.3, 0.4) is 0 Å². The third-order valence-electron chi connectivity index (χ3n) is 1.74. The zero-order valence-corrected chi connectivity index (χ0v) is 9.06. The Kier molecular flexibility index (Phi) is 3.55. The molecule has 0 radical (unpaired) electrons. The number of nitrogens with zero attached hydrogens (tertiary/aromatic N) is 1. The minimum absolute atomic E-state index is 0.136. The Labute approximate surface area is 88.7 Å². The summed E-state index contributed by atoms with van der Waals surface area (Å²) in [6.07, 6.45) is -4.28. The van der Waals surface area contributed by atoms with Crippen molar-refractivity contribution in [2.75, 3.05) is 7.05 Å². The van der Waals surface area contributed by atoms with Crippen LogP contribution in [-0.2, 0) is 6.54 Å². The summed E-state index contributed by atoms with van der Waals surface area (Å²) < 4.78 is 37.2. The molecule has 0 N–H and O–H groups in total. The Balaban J connectivity index is 2.70. The fraction of sp³-hybridized carbons (Fsp3) is 0.333. The van der Waals surface area contributed by atoms with E-state index in [0.717, 1.165) is 11.5 Å². The summed E-state index contributed by atoms with van der Waals surface area (Å²) in [7, 11) is 1.03. The van der Waals surface area contributed by atoms with Crippen molar-refractivity contribution in [3.8, 4) is 0 Å². The number of benzene rings is 1. The molecule has 1 aromatic rings. The summed E-state index contributed by atoms with van der Waals surface area (Å²) in [6, 6.07) is 6.82. The SMILES string of the molecule is CN(Cc1cccc(Br)c1)C(F)(F)F. The van der Waals surface area contributed by atoms with E-state index < -0.39 is 6.30 Å². The van der Waals surface area contributed by atoms with Crippen LogP contribution in [-0.4, -0.2) is 18.2 Å². The van der Waals surface area contributed by atoms with E-state index in [1.165, 1.54) is 0 Å². The Hall–Kier alpha value is -0.550. The summed E-state index contributed by atoms with van der Waals surface area (Å²) in [6.45, 7) is -0.136. The highest BCUT2D eigenvalue weighted by atomic mass is 79.9. The van der Waals surface area contributed by atoms with E-state index in [1.54, 1.807) is 24.3 Å². The quantitative estimate of drug-likeness (QED) is 0.743. The van der Waals surface area contributed by atoms with Gasteiger partial charge in [-0.2, -0.15) is 13.2 Å². The van der Waals surface area contributed by atoms with E-state index in [0.29, 0.717) is 10.5 Å². The van der Waals surface area contributed by atoms with Crippen molar-refractivity contribution in [3.63, 3.8) is 0 Å². The lowest BCUT2D eigenvalue weighted by molar-refractivity contribution is -0.240. The van der Waals surface area contributed by atoms with Crippen molar-refractivity contribution in [3.05, 3.63) is 34.3 Å². The van der Waals surface area contributed by atoms with Crippen LogP contribution in [0.1, 0.15) is 5.56 Å². The maximum absolute atomic E-state index is 12.1. The maximum atomic E-state index is 12.1. The molecule has 0 spiro atoms. The van der Waals surface area contributed by atoms with Crippen molar-refractivity contribution in [2.45, 2.75) is 12.8 Å². The number of alkyl halides is 3. The summed E-state index contributed by atoms with van der Waals surface area (Å²) in [5.74, 6) is 0. The summed E-state index contributed by atoms with van der Waals surface area (Å²) in [4.78, 5) is 0.342. The van der Waals surface area contributed by atoms with Gasteiger partial charge in [0.1, 0.15) is 0 Å². The normalized spacial score (nSPS) is 12.1. The lowest BCUT2D eigenvalue weighted by Gasteiger charge is -2.19. The molecule has 0 saturated heterocycles. The Bertz CT molecular complexity index is 311. The maximum Gasteiger partial charge on any atom is 0.459 e. The molecule has 14 heavy (non-hydrogen) atoms. The third kappa shape index (κ3) is 3.31. The van der Waals surface area contributed by atoms with E-state index in [1.807, 2.05) is 0 Å². The third-order valence-corrected chi connectivity index (χ3v) is 2.23. The second-order valence-electron chi connectivity index (χ2n) is 2.95. The van der Waals surface area contributed by atoms with Crippen molar-refractivity contribution in [1.29, 1.82) is 0 Å². The molecule has 1 nitrogen and oxygen atoms in total. The number of halogens is 4. The lowest BCUT2D eigenvalue weighted by Crippen LogP contribution is -2.33. The molecule has 5 heteroatoms. The average molecular weight is 268 g/mol. The second-order valence-corrected chi connectivity index (χ2v) is 3.87. The van der Waals surface area contributed by atoms with Crippen LogP contribution >= 0.6 is 15.9 Å². The average Bonchev–Trinajstić information content (AvgIpc) is 2.02. The van der Waals surface area contributed by atoms with Crippen LogP contribution in [0, 0.1) is 0 Å². The largest absolute Gasteiger partial charge is 0.459 e. The van der Waals surface area contributed by atoms with Gasteiger partial charge in [-0.05, 0) is 24.7 Å². The molecule has 0 saturated carbocycles. The molecule has 0 fully saturated rings. The molecule has 1 rings (SSSR count). The van der Waals surface area contributed by atoms with E-state index in [9.17, 15) is 13.2 Å². The van der Waals surface area contributed by atoms with Crippen LogP contribution in [0.5, 0.6) is 0 Å². The van der Waals surface area contributed by atoms with Gasteiger partial charge in [0.15, 0.2) is 0 Å². The Morgan fingerprint density at radius 2 is 2.00 bits per heavy atom. The summed E-state index contributed by atoms with van der Waals surface area (Å²) in [5, 5.41) is 0. The predicted octanol–water partition coefficient (Wildman–Crippen LogP) is 3.40. The fourth-order valence-electron chi connectivity index (χ4n) is 0.999. The molecular weight excluding hydrogens is 259 g/mol. The van der Waals surface area contributed by atoms with E-state index in [-0.39, 0.29) is 6.54 Å². The highest BCUT2D eigenvalue weighted by Gasteiger charge is 2.33. The van der Waals surface area contributed by atoms with Crippen LogP contribution in [0.4, 0.5) is 13.2 Å². The van der Waals surface area contributed by atoms with E-state index >= 15 is 0 Å². The number of rotatable bonds is 2. The molecule has 0 unspecified atom stereocenters. The van der Waals surface area contributed by atoms with Gasteiger partial charge in [0.2, 0.25) is 0 Å². The van der Waals surface area contributed by atoms with Gasteiger partial charge in [-0.15, -0.1) is 0 Å². The molecule has 0 aliphatic rings. The lowest BCUT2D eigenvalue weighted by atomic mass is 10.2. The molecular formula is C9H9BrF3N. The standard InChI is InChI=1S/C9H9BrF3N/c1-14(9(11,12)13)6-7-3-2-4-8(10)5-7/h2-5H,6H2,1H3. The second kappa shape index (κ2) is 4.31. The van der Waals surface area contributed by atoms with Crippen molar-refractivity contribution >= 4 is 15.9 Å². The molecule has 0 aromatic heterocycles. The van der Waals surface area contributed by atoms with Gasteiger partial charge >= 0.3 is 6.30 Å². The number of hydrogen-bond donors (Lipinski definition) is 0. The van der Waals surface area contributed by atoms with Crippen LogP contribution in [0.2, 0.25) is 0 Å². The van der Waals surface area contributed by atoms with Gasteiger partial charge in [0.25, 0.3) is 0 Å². The van der Waals surface area contributed by atoms with Gasteiger partial charge in [0.05, 0.1) is 0 Å². The zero-order chi connectivity index (χ0) is 10.8. The first kappa shape index (κ1) is 11.5. The first-order valence-electron chi connectivity index (χ1n) is 3.92. The summed E-state index contributed by atoms with van der Waals surface area (Å²) in [5.41, 5.74) is 0.624. The first-order chi connectivity index (χ1) is 6.39. The zero-order valence-electron chi connectivity index (χ0n) is 7.48. The highest BCUT2D eigenvalue weighted by molar-refractivity contribution is 9.10. The highest BCUT2D eigenvalue weighted by Crippen LogP contribution is 2.22. The van der Waals surface area contributed by atoms with Gasteiger partial charge in [-0.3, -0.25) is 0 Å². The Morgan fingerprint density at radius 3 is 2.50 bits per heavy atom. The molecule has 78 valence electrons. The molecule has 0 heterocycles. The van der Waals surface area contributed by atoms with Crippen molar-refractivity contribution in [1.82, 2.24) is 4.90 Å². The van der Waals surface area contributed by atoms with Gasteiger partial charge in [0, 0.05) is 11.0 Å². The van der Waals surface area contributed by atoms with E-state index in [4.69, 9.17) is 0 Å². The van der Waals surface area contributed by atoms with Gasteiger partial charge in [-0.1, -0.05) is 28.1 Å². The molecule has 0 bridgehead atoms. The monoisotopic (exact) mass is 267 g/mol. The van der Waals surface area contributed by atoms with Gasteiger partial charge < -0.3 is 0 Å². The first-order valence-corrected chi connectivity index (χ1v) is 4.71. The topological polar surface area (TPSA) is 3.24 Å². The van der Waals surface area contributed by atoms with Crippen molar-refractivity contribution in [2.24, 2.45) is 0 Å². The predicted molar refractivity (Wildman–Crippen MR) is 51.7 cm³/mol. The minimum Gasteiger partial charge on any atom is -0.213 e. The van der Waals surface area contributed by atoms with E-state index in [2.05, 4.69) is 15.9 Å². The fourth-order valence-corrected chi connectivity index (χ4v) is 1.45. The summed E-state index contributed by atoms with van der Waals surface area (Å²) >= 11 is 3.20. The minimum atomic E-state index is -4.28. The molecule has 0 aliphatic heterocycles. The molecule has 0 aliphatic carbocycles. The van der Waals surface area contributed by atoms with Gasteiger partial charge in [-0.25, -0.2) is 4.90 Å². The number of hydrogen-bond acceptors (Lipinski definition) is 1. The molecule has 1 aromatic carbocycles. The van der Waals surface area contributed by atoms with Crippen LogP contribution in [0.15, 0.2) is 28.7 Å².